The molecule has 8 atom stereocenters. The summed E-state index contributed by atoms with van der Waals surface area (Å²) in [5, 5.41) is 0. The summed E-state index contributed by atoms with van der Waals surface area (Å²) in [7, 11) is 3.55. The highest BCUT2D eigenvalue weighted by Crippen LogP contribution is 2.67. The molecule has 0 spiro atoms. The van der Waals surface area contributed by atoms with Crippen molar-refractivity contribution in [2.75, 3.05) is 14.2 Å². The molecule has 3 aliphatic carbocycles. The molecule has 1 heterocycles. The van der Waals surface area contributed by atoms with Crippen LogP contribution in [0.1, 0.15) is 72.1 Å². The van der Waals surface area contributed by atoms with Crippen molar-refractivity contribution in [1.82, 2.24) is 4.90 Å². The Morgan fingerprint density at radius 1 is 1.07 bits per heavy atom. The van der Waals surface area contributed by atoms with Crippen molar-refractivity contribution in [3.8, 4) is 0 Å². The Balaban J connectivity index is 1.59. The lowest BCUT2D eigenvalue weighted by Gasteiger charge is -2.62. The number of amides is 1. The van der Waals surface area contributed by atoms with Crippen molar-refractivity contribution >= 4 is 11.9 Å². The summed E-state index contributed by atoms with van der Waals surface area (Å²) in [6, 6.07) is 0.426. The molecule has 4 rings (SSSR count). The summed E-state index contributed by atoms with van der Waals surface area (Å²) in [6.45, 7) is 7.02. The number of hydrogen-bond donors (Lipinski definition) is 0. The fraction of sp³-hybridized carbons (Fsp3) is 0.913. The molecule has 0 aromatic heterocycles. The van der Waals surface area contributed by atoms with Gasteiger partial charge in [0.25, 0.3) is 0 Å². The molecule has 4 fully saturated rings. The second kappa shape index (κ2) is 6.49. The molecular weight excluding hydrogens is 338 g/mol. The average Bonchev–Trinajstić information content (AvgIpc) is 3.01. The van der Waals surface area contributed by atoms with E-state index in [4.69, 9.17) is 4.74 Å². The first-order valence-corrected chi connectivity index (χ1v) is 11.1. The maximum atomic E-state index is 12.3. The third-order valence-electron chi connectivity index (χ3n) is 9.81. The van der Waals surface area contributed by atoms with E-state index in [-0.39, 0.29) is 22.7 Å². The number of hydrogen-bond acceptors (Lipinski definition) is 3. The van der Waals surface area contributed by atoms with E-state index in [1.807, 2.05) is 7.05 Å². The quantitative estimate of drug-likeness (QED) is 0.677. The number of methoxy groups -OCH3 is 1. The van der Waals surface area contributed by atoms with E-state index in [0.717, 1.165) is 37.0 Å². The summed E-state index contributed by atoms with van der Waals surface area (Å²) in [5.74, 6) is 2.99. The highest BCUT2D eigenvalue weighted by Gasteiger charge is 2.62. The van der Waals surface area contributed by atoms with Crippen LogP contribution < -0.4 is 0 Å². The van der Waals surface area contributed by atoms with Crippen LogP contribution in [0.4, 0.5) is 0 Å². The van der Waals surface area contributed by atoms with Crippen molar-refractivity contribution < 1.29 is 14.3 Å². The number of carbonyl (C=O) groups excluding carboxylic acids is 2. The Kier molecular flexibility index (Phi) is 4.63. The van der Waals surface area contributed by atoms with Crippen LogP contribution in [-0.4, -0.2) is 37.0 Å². The molecule has 1 amide bonds. The van der Waals surface area contributed by atoms with E-state index >= 15 is 0 Å². The molecule has 1 aliphatic heterocycles. The molecule has 0 aromatic carbocycles. The molecule has 1 saturated heterocycles. The minimum atomic E-state index is -0.0351. The van der Waals surface area contributed by atoms with E-state index < -0.39 is 0 Å². The van der Waals surface area contributed by atoms with Crippen molar-refractivity contribution in [2.45, 2.75) is 78.2 Å². The second-order valence-corrected chi connectivity index (χ2v) is 10.5. The maximum absolute atomic E-state index is 12.3. The molecule has 0 N–H and O–H groups in total. The van der Waals surface area contributed by atoms with Gasteiger partial charge >= 0.3 is 5.97 Å². The molecule has 3 saturated carbocycles. The third kappa shape index (κ3) is 2.61. The Labute approximate surface area is 164 Å². The maximum Gasteiger partial charge on any atom is 0.308 e. The summed E-state index contributed by atoms with van der Waals surface area (Å²) < 4.78 is 5.09. The normalized spacial score (nSPS) is 47.7. The molecule has 0 bridgehead atoms. The van der Waals surface area contributed by atoms with E-state index in [1.165, 1.54) is 39.2 Å². The topological polar surface area (TPSA) is 46.6 Å². The number of likely N-dealkylation sites (tertiary alicyclic amines) is 1. The third-order valence-corrected chi connectivity index (χ3v) is 9.81. The number of ether oxygens (including phenoxy) is 1. The van der Waals surface area contributed by atoms with Gasteiger partial charge in [0.15, 0.2) is 0 Å². The number of esters is 1. The lowest BCUT2D eigenvalue weighted by Crippen LogP contribution is -2.61. The molecule has 152 valence electrons. The van der Waals surface area contributed by atoms with Crippen LogP contribution in [0, 0.1) is 40.4 Å². The van der Waals surface area contributed by atoms with Gasteiger partial charge in [0.05, 0.1) is 13.0 Å². The zero-order valence-electron chi connectivity index (χ0n) is 17.8. The van der Waals surface area contributed by atoms with Gasteiger partial charge in [0.1, 0.15) is 0 Å². The van der Waals surface area contributed by atoms with Crippen molar-refractivity contribution in [1.29, 1.82) is 0 Å². The van der Waals surface area contributed by atoms with Crippen molar-refractivity contribution in [3.63, 3.8) is 0 Å². The molecule has 0 radical (unpaired) electrons. The molecule has 4 aliphatic rings. The minimum absolute atomic E-state index is 0.00640. The van der Waals surface area contributed by atoms with E-state index in [9.17, 15) is 9.59 Å². The van der Waals surface area contributed by atoms with Gasteiger partial charge in [-0.05, 0) is 79.4 Å². The van der Waals surface area contributed by atoms with E-state index in [0.29, 0.717) is 17.9 Å². The van der Waals surface area contributed by atoms with Crippen molar-refractivity contribution in [2.24, 2.45) is 40.4 Å². The predicted octanol–water partition coefficient (Wildman–Crippen LogP) is 4.28. The first kappa shape index (κ1) is 19.3. The number of carbonyl (C=O) groups is 2. The largest absolute Gasteiger partial charge is 0.469 e. The Morgan fingerprint density at radius 3 is 2.48 bits per heavy atom. The first-order chi connectivity index (χ1) is 12.7. The average molecular weight is 376 g/mol. The van der Waals surface area contributed by atoms with Crippen LogP contribution in [0.25, 0.3) is 0 Å². The summed E-state index contributed by atoms with van der Waals surface area (Å²) in [4.78, 5) is 26.6. The Morgan fingerprint density at radius 2 is 1.78 bits per heavy atom. The Hall–Kier alpha value is -1.06. The lowest BCUT2D eigenvalue weighted by molar-refractivity contribution is -0.160. The van der Waals surface area contributed by atoms with Gasteiger partial charge < -0.3 is 9.64 Å². The predicted molar refractivity (Wildman–Crippen MR) is 105 cm³/mol. The number of fused-ring (bicyclic) bond motifs is 5. The highest BCUT2D eigenvalue weighted by molar-refractivity contribution is 5.77. The van der Waals surface area contributed by atoms with Gasteiger partial charge in [0, 0.05) is 19.5 Å². The van der Waals surface area contributed by atoms with Gasteiger partial charge in [-0.25, -0.2) is 0 Å². The van der Waals surface area contributed by atoms with Crippen LogP contribution in [0.5, 0.6) is 0 Å². The number of piperidine rings is 1. The van der Waals surface area contributed by atoms with Gasteiger partial charge in [0.2, 0.25) is 5.91 Å². The van der Waals surface area contributed by atoms with Gasteiger partial charge in [-0.1, -0.05) is 20.8 Å². The number of nitrogens with zero attached hydrogens (tertiary/aromatic N) is 1. The SMILES string of the molecule is COC(=O)C(C)[C@H]1CC[C@H]2[C@@H]3CCC4N(C)C(=O)CC[C@]4(C)[C@H]3CC[C@]12C. The smallest absolute Gasteiger partial charge is 0.308 e. The van der Waals surface area contributed by atoms with Crippen molar-refractivity contribution in [3.05, 3.63) is 0 Å². The summed E-state index contributed by atoms with van der Waals surface area (Å²) in [6.07, 6.45) is 9.11. The molecule has 0 aromatic rings. The van der Waals surface area contributed by atoms with E-state index in [2.05, 4.69) is 25.7 Å². The van der Waals surface area contributed by atoms with Crippen LogP contribution in [0.2, 0.25) is 0 Å². The summed E-state index contributed by atoms with van der Waals surface area (Å²) >= 11 is 0. The van der Waals surface area contributed by atoms with Crippen LogP contribution in [0.3, 0.4) is 0 Å². The molecule has 4 nitrogen and oxygen atoms in total. The summed E-state index contributed by atoms with van der Waals surface area (Å²) in [5.41, 5.74) is 0.549. The van der Waals surface area contributed by atoms with Gasteiger partial charge in [-0.15, -0.1) is 0 Å². The first-order valence-electron chi connectivity index (χ1n) is 11.1. The monoisotopic (exact) mass is 375 g/mol. The molecule has 27 heavy (non-hydrogen) atoms. The molecular formula is C23H37NO3. The Bertz CT molecular complexity index is 633. The zero-order valence-corrected chi connectivity index (χ0v) is 17.8. The fourth-order valence-electron chi connectivity index (χ4n) is 8.36. The number of rotatable bonds is 2. The van der Waals surface area contributed by atoms with Crippen LogP contribution in [-0.2, 0) is 14.3 Å². The van der Waals surface area contributed by atoms with E-state index in [1.54, 1.807) is 0 Å². The second-order valence-electron chi connectivity index (χ2n) is 10.5. The minimum Gasteiger partial charge on any atom is -0.469 e. The highest BCUT2D eigenvalue weighted by atomic mass is 16.5. The zero-order chi connectivity index (χ0) is 19.6. The van der Waals surface area contributed by atoms with Gasteiger partial charge in [-0.2, -0.15) is 0 Å². The molecule has 2 unspecified atom stereocenters. The standard InChI is InChI=1S/C23H37NO3/c1-14(21(26)27-5)16-7-8-17-15-6-9-19-23(3,13-11-20(25)24(19)4)18(15)10-12-22(16,17)2/h14-19H,6-13H2,1-5H3/t14?,15-,16+,17-,18-,19?,22+,23+/m0/s1. The van der Waals surface area contributed by atoms with Crippen LogP contribution >= 0.6 is 0 Å². The van der Waals surface area contributed by atoms with Gasteiger partial charge in [-0.3, -0.25) is 9.59 Å². The fourth-order valence-corrected chi connectivity index (χ4v) is 8.36. The lowest BCUT2D eigenvalue weighted by atomic mass is 9.46. The molecule has 4 heteroatoms. The van der Waals surface area contributed by atoms with Crippen LogP contribution in [0.15, 0.2) is 0 Å².